The largest absolute Gasteiger partial charge is 0.497 e. The number of methoxy groups -OCH3 is 1. The lowest BCUT2D eigenvalue weighted by molar-refractivity contribution is -0.118. The van der Waals surface area contributed by atoms with Gasteiger partial charge in [-0.15, -0.1) is 0 Å². The molecule has 2 rings (SSSR count). The molecule has 0 aliphatic heterocycles. The number of nitrogens with one attached hydrogen (secondary N) is 3. The lowest BCUT2D eigenvalue weighted by atomic mass is 10.0. The topological polar surface area (TPSA) is 79.5 Å². The van der Waals surface area contributed by atoms with E-state index in [0.29, 0.717) is 17.1 Å². The molecule has 1 unspecified atom stereocenters. The summed E-state index contributed by atoms with van der Waals surface area (Å²) < 4.78 is 5.14. The summed E-state index contributed by atoms with van der Waals surface area (Å²) in [7, 11) is 1.56. The summed E-state index contributed by atoms with van der Waals surface area (Å²) in [6.45, 7) is 3.75. The van der Waals surface area contributed by atoms with Crippen LogP contribution in [-0.2, 0) is 4.79 Å². The molecule has 0 aliphatic rings. The molecule has 132 valence electrons. The van der Waals surface area contributed by atoms with Crippen molar-refractivity contribution in [3.63, 3.8) is 0 Å². The van der Waals surface area contributed by atoms with Crippen molar-refractivity contribution >= 4 is 23.3 Å². The van der Waals surface area contributed by atoms with Gasteiger partial charge in [0.05, 0.1) is 7.11 Å². The van der Waals surface area contributed by atoms with Gasteiger partial charge in [-0.3, -0.25) is 4.79 Å². The second kappa shape index (κ2) is 8.73. The number of urea groups is 1. The third-order valence-electron chi connectivity index (χ3n) is 3.60. The number of rotatable bonds is 6. The van der Waals surface area contributed by atoms with Crippen molar-refractivity contribution in [3.8, 4) is 5.75 Å². The normalized spacial score (nSPS) is 11.5. The van der Waals surface area contributed by atoms with Crippen LogP contribution in [0.5, 0.6) is 5.75 Å². The van der Waals surface area contributed by atoms with Crippen LogP contribution in [0.25, 0.3) is 0 Å². The number of hydrogen-bond donors (Lipinski definition) is 3. The molecule has 0 fully saturated rings. The number of ether oxygens (including phenoxy) is 1. The third-order valence-corrected chi connectivity index (χ3v) is 3.60. The number of para-hydroxylation sites is 1. The highest BCUT2D eigenvalue weighted by Crippen LogP contribution is 2.17. The van der Waals surface area contributed by atoms with Gasteiger partial charge in [0.2, 0.25) is 5.91 Å². The number of anilines is 2. The first-order chi connectivity index (χ1) is 12.0. The van der Waals surface area contributed by atoms with Gasteiger partial charge in [-0.05, 0) is 30.2 Å². The molecule has 2 aromatic rings. The standard InChI is InChI=1S/C19H23N3O3/c1-13(2)17(22-19(24)21-14-8-5-4-6-9-14)18(23)20-15-10-7-11-16(12-15)25-3/h4-13,17H,1-3H3,(H,20,23)(H2,21,22,24). The Morgan fingerprint density at radius 2 is 1.60 bits per heavy atom. The Bertz CT molecular complexity index is 717. The predicted molar refractivity (Wildman–Crippen MR) is 98.8 cm³/mol. The lowest BCUT2D eigenvalue weighted by Crippen LogP contribution is -2.48. The second-order valence-electron chi connectivity index (χ2n) is 5.91. The molecule has 6 heteroatoms. The highest BCUT2D eigenvalue weighted by Gasteiger charge is 2.24. The first-order valence-electron chi connectivity index (χ1n) is 8.07. The zero-order valence-electron chi connectivity index (χ0n) is 14.6. The van der Waals surface area contributed by atoms with Crippen LogP contribution in [0.15, 0.2) is 54.6 Å². The molecule has 0 spiro atoms. The molecule has 0 saturated carbocycles. The van der Waals surface area contributed by atoms with E-state index >= 15 is 0 Å². The monoisotopic (exact) mass is 341 g/mol. The number of hydrogen-bond acceptors (Lipinski definition) is 3. The summed E-state index contributed by atoms with van der Waals surface area (Å²) in [5.41, 5.74) is 1.27. The Balaban J connectivity index is 2.01. The molecule has 0 bridgehead atoms. The van der Waals surface area contributed by atoms with Crippen LogP contribution < -0.4 is 20.7 Å². The molecular weight excluding hydrogens is 318 g/mol. The quantitative estimate of drug-likeness (QED) is 0.752. The van der Waals surface area contributed by atoms with Gasteiger partial charge >= 0.3 is 6.03 Å². The average molecular weight is 341 g/mol. The Kier molecular flexibility index (Phi) is 6.39. The van der Waals surface area contributed by atoms with Gasteiger partial charge in [-0.2, -0.15) is 0 Å². The fourth-order valence-corrected chi connectivity index (χ4v) is 2.29. The van der Waals surface area contributed by atoms with Gasteiger partial charge in [0.15, 0.2) is 0 Å². The first kappa shape index (κ1) is 18.3. The molecule has 0 heterocycles. The summed E-state index contributed by atoms with van der Waals surface area (Å²) in [5.74, 6) is 0.285. The maximum absolute atomic E-state index is 12.5. The summed E-state index contributed by atoms with van der Waals surface area (Å²) in [6.07, 6.45) is 0. The highest BCUT2D eigenvalue weighted by atomic mass is 16.5. The second-order valence-corrected chi connectivity index (χ2v) is 5.91. The van der Waals surface area contributed by atoms with E-state index in [1.165, 1.54) is 0 Å². The first-order valence-corrected chi connectivity index (χ1v) is 8.07. The van der Waals surface area contributed by atoms with E-state index in [1.54, 1.807) is 43.5 Å². The fourth-order valence-electron chi connectivity index (χ4n) is 2.29. The van der Waals surface area contributed by atoms with Crippen LogP contribution in [0.1, 0.15) is 13.8 Å². The zero-order chi connectivity index (χ0) is 18.2. The Morgan fingerprint density at radius 3 is 2.24 bits per heavy atom. The summed E-state index contributed by atoms with van der Waals surface area (Å²) in [6, 6.07) is 15.0. The molecule has 0 radical (unpaired) electrons. The van der Waals surface area contributed by atoms with Crippen molar-refractivity contribution < 1.29 is 14.3 Å². The summed E-state index contributed by atoms with van der Waals surface area (Å²) >= 11 is 0. The van der Waals surface area contributed by atoms with Crippen molar-refractivity contribution in [2.24, 2.45) is 5.92 Å². The van der Waals surface area contributed by atoms with E-state index in [4.69, 9.17) is 4.74 Å². The summed E-state index contributed by atoms with van der Waals surface area (Å²) in [5, 5.41) is 8.24. The molecule has 0 aliphatic carbocycles. The molecular formula is C19H23N3O3. The highest BCUT2D eigenvalue weighted by molar-refractivity contribution is 5.99. The predicted octanol–water partition coefficient (Wildman–Crippen LogP) is 3.48. The lowest BCUT2D eigenvalue weighted by Gasteiger charge is -2.22. The summed E-state index contributed by atoms with van der Waals surface area (Å²) in [4.78, 5) is 24.7. The number of carbonyl (C=O) groups excluding carboxylic acids is 2. The van der Waals surface area contributed by atoms with Crippen molar-refractivity contribution in [1.29, 1.82) is 0 Å². The van der Waals surface area contributed by atoms with Crippen molar-refractivity contribution in [3.05, 3.63) is 54.6 Å². The maximum Gasteiger partial charge on any atom is 0.319 e. The minimum atomic E-state index is -0.671. The van der Waals surface area contributed by atoms with Crippen LogP contribution in [0.3, 0.4) is 0 Å². The van der Waals surface area contributed by atoms with Crippen LogP contribution >= 0.6 is 0 Å². The average Bonchev–Trinajstić information content (AvgIpc) is 2.60. The van der Waals surface area contributed by atoms with Crippen LogP contribution in [0.2, 0.25) is 0 Å². The van der Waals surface area contributed by atoms with E-state index in [0.717, 1.165) is 0 Å². The molecule has 2 aromatic carbocycles. The maximum atomic E-state index is 12.5. The van der Waals surface area contributed by atoms with E-state index < -0.39 is 12.1 Å². The molecule has 0 aromatic heterocycles. The van der Waals surface area contributed by atoms with E-state index in [2.05, 4.69) is 16.0 Å². The van der Waals surface area contributed by atoms with Gasteiger partial charge in [0.1, 0.15) is 11.8 Å². The molecule has 25 heavy (non-hydrogen) atoms. The third kappa shape index (κ3) is 5.53. The van der Waals surface area contributed by atoms with E-state index in [1.807, 2.05) is 32.0 Å². The van der Waals surface area contributed by atoms with Gasteiger partial charge in [-0.25, -0.2) is 4.79 Å². The Labute approximate surface area is 147 Å². The van der Waals surface area contributed by atoms with E-state index in [-0.39, 0.29) is 11.8 Å². The molecule has 6 nitrogen and oxygen atoms in total. The Morgan fingerprint density at radius 1 is 0.920 bits per heavy atom. The molecule has 3 amide bonds. The Hall–Kier alpha value is -3.02. The van der Waals surface area contributed by atoms with Gasteiger partial charge in [0, 0.05) is 17.4 Å². The smallest absolute Gasteiger partial charge is 0.319 e. The van der Waals surface area contributed by atoms with Gasteiger partial charge in [0.25, 0.3) is 0 Å². The molecule has 0 saturated heterocycles. The van der Waals surface area contributed by atoms with Crippen molar-refractivity contribution in [2.45, 2.75) is 19.9 Å². The number of amides is 3. The van der Waals surface area contributed by atoms with Gasteiger partial charge < -0.3 is 20.7 Å². The zero-order valence-corrected chi connectivity index (χ0v) is 14.6. The molecule has 3 N–H and O–H groups in total. The van der Waals surface area contributed by atoms with Gasteiger partial charge in [-0.1, -0.05) is 38.1 Å². The van der Waals surface area contributed by atoms with Crippen LogP contribution in [-0.4, -0.2) is 25.1 Å². The SMILES string of the molecule is COc1cccc(NC(=O)C(NC(=O)Nc2ccccc2)C(C)C)c1. The minimum absolute atomic E-state index is 0.0767. The fraction of sp³-hybridized carbons (Fsp3) is 0.263. The van der Waals surface area contributed by atoms with Crippen LogP contribution in [0, 0.1) is 5.92 Å². The van der Waals surface area contributed by atoms with Crippen molar-refractivity contribution in [1.82, 2.24) is 5.32 Å². The number of benzene rings is 2. The molecule has 1 atom stereocenters. The number of carbonyl (C=O) groups is 2. The van der Waals surface area contributed by atoms with Crippen LogP contribution in [0.4, 0.5) is 16.2 Å². The van der Waals surface area contributed by atoms with E-state index in [9.17, 15) is 9.59 Å². The minimum Gasteiger partial charge on any atom is -0.497 e. The van der Waals surface area contributed by atoms with Crippen molar-refractivity contribution in [2.75, 3.05) is 17.7 Å².